The summed E-state index contributed by atoms with van der Waals surface area (Å²) in [5, 5.41) is 6.38. The van der Waals surface area contributed by atoms with Gasteiger partial charge in [-0.05, 0) is 60.0 Å². The second-order valence-corrected chi connectivity index (χ2v) is 8.57. The number of likely N-dealkylation sites (tertiary alicyclic amines) is 2. The Morgan fingerprint density at radius 3 is 2.43 bits per heavy atom. The molecule has 0 aliphatic carbocycles. The highest BCUT2D eigenvalue weighted by Crippen LogP contribution is 2.12. The molecule has 2 aliphatic rings. The van der Waals surface area contributed by atoms with E-state index in [-0.39, 0.29) is 36.1 Å². The molecule has 1 amide bonds. The van der Waals surface area contributed by atoms with Crippen LogP contribution in [0.4, 0.5) is 4.79 Å². The van der Waals surface area contributed by atoms with Crippen molar-refractivity contribution in [2.24, 2.45) is 4.99 Å². The number of nitrogens with one attached hydrogen (secondary N) is 2. The first-order chi connectivity index (χ1) is 12.9. The van der Waals surface area contributed by atoms with E-state index in [1.807, 2.05) is 20.8 Å². The Bertz CT molecular complexity index is 487. The number of alkyl carbamates (subject to hydrolysis) is 1. The summed E-state index contributed by atoms with van der Waals surface area (Å²) >= 11 is 0. The maximum atomic E-state index is 12.0. The Labute approximate surface area is 188 Å². The molecule has 2 heterocycles. The number of hydrogen-bond acceptors (Lipinski definition) is 4. The van der Waals surface area contributed by atoms with E-state index in [4.69, 9.17) is 9.73 Å². The summed E-state index contributed by atoms with van der Waals surface area (Å²) in [6, 6.07) is 0.106. The molecule has 0 saturated carbocycles. The number of hydrogen-bond donors (Lipinski definition) is 2. The molecular weight excluding hydrogens is 469 g/mol. The number of carbonyl (C=O) groups is 1. The summed E-state index contributed by atoms with van der Waals surface area (Å²) in [5.74, 6) is 0.959. The normalized spacial score (nSPS) is 21.6. The largest absolute Gasteiger partial charge is 0.444 e. The van der Waals surface area contributed by atoms with Gasteiger partial charge in [0.1, 0.15) is 5.60 Å². The zero-order valence-electron chi connectivity index (χ0n) is 18.1. The molecule has 2 N–H and O–H groups in total. The lowest BCUT2D eigenvalue weighted by molar-refractivity contribution is 0.0507. The average Bonchev–Trinajstić information content (AvgIpc) is 2.87. The average molecular weight is 509 g/mol. The SMILES string of the molecule is CCNC(=NCCN1CCCCCC1)N1CCC(NC(=O)OC(C)(C)C)C1.I. The van der Waals surface area contributed by atoms with E-state index in [0.29, 0.717) is 0 Å². The number of ether oxygens (including phenoxy) is 1. The highest BCUT2D eigenvalue weighted by atomic mass is 127. The summed E-state index contributed by atoms with van der Waals surface area (Å²) < 4.78 is 5.37. The lowest BCUT2D eigenvalue weighted by atomic mass is 10.2. The van der Waals surface area contributed by atoms with Crippen molar-refractivity contribution >= 4 is 36.0 Å². The number of guanidine groups is 1. The van der Waals surface area contributed by atoms with Crippen molar-refractivity contribution in [3.63, 3.8) is 0 Å². The van der Waals surface area contributed by atoms with Crippen molar-refractivity contribution in [2.45, 2.75) is 71.4 Å². The van der Waals surface area contributed by atoms with Crippen LogP contribution in [0, 0.1) is 0 Å². The van der Waals surface area contributed by atoms with E-state index in [2.05, 4.69) is 27.4 Å². The van der Waals surface area contributed by atoms with Gasteiger partial charge in [0.05, 0.1) is 12.6 Å². The maximum absolute atomic E-state index is 12.0. The minimum atomic E-state index is -0.466. The molecule has 164 valence electrons. The van der Waals surface area contributed by atoms with Crippen LogP contribution < -0.4 is 10.6 Å². The third-order valence-corrected chi connectivity index (χ3v) is 4.92. The topological polar surface area (TPSA) is 69.2 Å². The van der Waals surface area contributed by atoms with Gasteiger partial charge in [-0.25, -0.2) is 4.79 Å². The van der Waals surface area contributed by atoms with E-state index >= 15 is 0 Å². The predicted octanol–water partition coefficient (Wildman–Crippen LogP) is 3.04. The number of halogens is 1. The summed E-state index contributed by atoms with van der Waals surface area (Å²) in [6.45, 7) is 14.5. The summed E-state index contributed by atoms with van der Waals surface area (Å²) in [5.41, 5.74) is -0.466. The number of carbonyl (C=O) groups excluding carboxylic acids is 1. The Kier molecular flexibility index (Phi) is 11.5. The van der Waals surface area contributed by atoms with E-state index in [9.17, 15) is 4.79 Å². The standard InChI is InChI=1S/C20H39N5O2.HI/c1-5-21-18(22-11-15-24-12-8-6-7-9-13-24)25-14-10-17(16-25)23-19(26)27-20(2,3)4;/h17H,5-16H2,1-4H3,(H,21,22)(H,23,26);1H. The third kappa shape index (κ3) is 9.62. The van der Waals surface area contributed by atoms with Gasteiger partial charge >= 0.3 is 6.09 Å². The second kappa shape index (κ2) is 12.7. The molecule has 1 atom stereocenters. The first-order valence-electron chi connectivity index (χ1n) is 10.6. The van der Waals surface area contributed by atoms with Crippen molar-refractivity contribution < 1.29 is 9.53 Å². The fourth-order valence-electron chi connectivity index (χ4n) is 3.63. The van der Waals surface area contributed by atoms with Crippen LogP contribution in [0.15, 0.2) is 4.99 Å². The van der Waals surface area contributed by atoms with Gasteiger partial charge in [0.25, 0.3) is 0 Å². The molecule has 2 rings (SSSR count). The predicted molar refractivity (Wildman–Crippen MR) is 126 cm³/mol. The molecule has 0 spiro atoms. The van der Waals surface area contributed by atoms with E-state index < -0.39 is 5.60 Å². The molecule has 2 saturated heterocycles. The molecule has 8 heteroatoms. The van der Waals surface area contributed by atoms with Gasteiger partial charge in [0.2, 0.25) is 0 Å². The van der Waals surface area contributed by atoms with Gasteiger partial charge in [-0.15, -0.1) is 24.0 Å². The van der Waals surface area contributed by atoms with Crippen LogP contribution >= 0.6 is 24.0 Å². The van der Waals surface area contributed by atoms with Gasteiger partial charge in [0, 0.05) is 26.2 Å². The van der Waals surface area contributed by atoms with Gasteiger partial charge < -0.3 is 25.2 Å². The highest BCUT2D eigenvalue weighted by Gasteiger charge is 2.27. The van der Waals surface area contributed by atoms with Crippen LogP contribution in [0.25, 0.3) is 0 Å². The number of nitrogens with zero attached hydrogens (tertiary/aromatic N) is 3. The molecule has 1 unspecified atom stereocenters. The van der Waals surface area contributed by atoms with Crippen LogP contribution in [0.2, 0.25) is 0 Å². The van der Waals surface area contributed by atoms with Gasteiger partial charge in [-0.1, -0.05) is 12.8 Å². The van der Waals surface area contributed by atoms with Crippen LogP contribution in [0.1, 0.15) is 59.8 Å². The minimum Gasteiger partial charge on any atom is -0.444 e. The molecule has 0 aromatic carbocycles. The Balaban J connectivity index is 0.00000392. The zero-order valence-corrected chi connectivity index (χ0v) is 20.5. The van der Waals surface area contributed by atoms with Crippen LogP contribution in [-0.2, 0) is 4.74 Å². The Morgan fingerprint density at radius 1 is 1.14 bits per heavy atom. The molecule has 7 nitrogen and oxygen atoms in total. The third-order valence-electron chi connectivity index (χ3n) is 4.92. The first kappa shape index (κ1) is 25.3. The smallest absolute Gasteiger partial charge is 0.407 e. The molecule has 0 aromatic heterocycles. The molecule has 2 fully saturated rings. The highest BCUT2D eigenvalue weighted by molar-refractivity contribution is 14.0. The summed E-state index contributed by atoms with van der Waals surface area (Å²) in [7, 11) is 0. The van der Waals surface area contributed by atoms with Gasteiger partial charge in [0.15, 0.2) is 5.96 Å². The van der Waals surface area contributed by atoms with Gasteiger partial charge in [-0.2, -0.15) is 0 Å². The van der Waals surface area contributed by atoms with Gasteiger partial charge in [-0.3, -0.25) is 4.99 Å². The Hall–Kier alpha value is -0.770. The quantitative estimate of drug-likeness (QED) is 0.339. The molecular formula is C20H40IN5O2. The number of rotatable bonds is 5. The summed E-state index contributed by atoms with van der Waals surface area (Å²) in [6.07, 6.45) is 5.93. The van der Waals surface area contributed by atoms with E-state index in [1.165, 1.54) is 38.8 Å². The van der Waals surface area contributed by atoms with Crippen molar-refractivity contribution in [3.8, 4) is 0 Å². The molecule has 0 aromatic rings. The van der Waals surface area contributed by atoms with Crippen LogP contribution in [0.5, 0.6) is 0 Å². The fourth-order valence-corrected chi connectivity index (χ4v) is 3.63. The first-order valence-corrected chi connectivity index (χ1v) is 10.6. The van der Waals surface area contributed by atoms with Crippen LogP contribution in [0.3, 0.4) is 0 Å². The lowest BCUT2D eigenvalue weighted by Gasteiger charge is -2.24. The van der Waals surface area contributed by atoms with E-state index in [0.717, 1.165) is 45.1 Å². The maximum Gasteiger partial charge on any atom is 0.407 e. The van der Waals surface area contributed by atoms with Crippen molar-refractivity contribution in [1.82, 2.24) is 20.4 Å². The Morgan fingerprint density at radius 2 is 1.82 bits per heavy atom. The summed E-state index contributed by atoms with van der Waals surface area (Å²) in [4.78, 5) is 21.6. The molecule has 28 heavy (non-hydrogen) atoms. The van der Waals surface area contributed by atoms with E-state index in [1.54, 1.807) is 0 Å². The number of aliphatic imine (C=N–C) groups is 1. The van der Waals surface area contributed by atoms with Crippen molar-refractivity contribution in [1.29, 1.82) is 0 Å². The van der Waals surface area contributed by atoms with Crippen LogP contribution in [-0.4, -0.2) is 79.3 Å². The lowest BCUT2D eigenvalue weighted by Crippen LogP contribution is -2.44. The number of amides is 1. The van der Waals surface area contributed by atoms with Crippen molar-refractivity contribution in [2.75, 3.05) is 45.8 Å². The minimum absolute atomic E-state index is 0. The fraction of sp³-hybridized carbons (Fsp3) is 0.900. The zero-order chi connectivity index (χ0) is 19.7. The molecule has 0 bridgehead atoms. The molecule has 2 aliphatic heterocycles. The monoisotopic (exact) mass is 509 g/mol. The van der Waals surface area contributed by atoms with Crippen molar-refractivity contribution in [3.05, 3.63) is 0 Å². The molecule has 0 radical (unpaired) electrons. The second-order valence-electron chi connectivity index (χ2n) is 8.57.